The fourth-order valence-electron chi connectivity index (χ4n) is 2.14. The molecule has 0 aromatic heterocycles. The highest BCUT2D eigenvalue weighted by atomic mass is 19.1. The van der Waals surface area contributed by atoms with Gasteiger partial charge in [-0.15, -0.1) is 0 Å². The molecule has 2 rings (SSSR count). The highest BCUT2D eigenvalue weighted by molar-refractivity contribution is 5.21. The van der Waals surface area contributed by atoms with Gasteiger partial charge in [0.1, 0.15) is 17.1 Å². The van der Waals surface area contributed by atoms with E-state index < -0.39 is 5.54 Å². The number of hydrogen-bond donors (Lipinski definition) is 1. The number of nitrogens with zero attached hydrogens (tertiary/aromatic N) is 1. The summed E-state index contributed by atoms with van der Waals surface area (Å²) in [7, 11) is 0. The fraction of sp³-hybridized carbons (Fsp3) is 0.562. The summed E-state index contributed by atoms with van der Waals surface area (Å²) in [6.07, 6.45) is 5.02. The second-order valence-corrected chi connectivity index (χ2v) is 5.62. The molecule has 0 spiro atoms. The van der Waals surface area contributed by atoms with Gasteiger partial charge in [-0.05, 0) is 63.3 Å². The van der Waals surface area contributed by atoms with Crippen molar-refractivity contribution in [2.45, 2.75) is 50.6 Å². The maximum atomic E-state index is 12.7. The van der Waals surface area contributed by atoms with E-state index in [4.69, 9.17) is 4.74 Å². The van der Waals surface area contributed by atoms with Gasteiger partial charge >= 0.3 is 0 Å². The zero-order valence-electron chi connectivity index (χ0n) is 11.9. The smallest absolute Gasteiger partial charge is 0.123 e. The first-order valence-electron chi connectivity index (χ1n) is 7.19. The van der Waals surface area contributed by atoms with Crippen molar-refractivity contribution < 1.29 is 9.13 Å². The van der Waals surface area contributed by atoms with Gasteiger partial charge in [0, 0.05) is 6.04 Å². The summed E-state index contributed by atoms with van der Waals surface area (Å²) in [5, 5.41) is 12.6. The van der Waals surface area contributed by atoms with Crippen LogP contribution in [-0.2, 0) is 0 Å². The third-order valence-corrected chi connectivity index (χ3v) is 3.50. The second-order valence-electron chi connectivity index (χ2n) is 5.62. The van der Waals surface area contributed by atoms with Gasteiger partial charge in [0.2, 0.25) is 0 Å². The highest BCUT2D eigenvalue weighted by Gasteiger charge is 2.31. The zero-order valence-corrected chi connectivity index (χ0v) is 11.9. The Balaban J connectivity index is 1.63. The van der Waals surface area contributed by atoms with Gasteiger partial charge in [-0.3, -0.25) is 5.32 Å². The molecule has 1 saturated carbocycles. The Hall–Kier alpha value is -1.60. The average molecular weight is 276 g/mol. The van der Waals surface area contributed by atoms with Crippen LogP contribution in [0, 0.1) is 17.1 Å². The molecule has 3 nitrogen and oxygen atoms in total. The summed E-state index contributed by atoms with van der Waals surface area (Å²) < 4.78 is 18.2. The topological polar surface area (TPSA) is 45.0 Å². The number of unbranched alkanes of at least 4 members (excludes halogenated alkanes) is 1. The van der Waals surface area contributed by atoms with Gasteiger partial charge < -0.3 is 4.74 Å². The van der Waals surface area contributed by atoms with Crippen LogP contribution in [0.4, 0.5) is 4.39 Å². The molecule has 0 amide bonds. The van der Waals surface area contributed by atoms with Crippen LogP contribution in [0.15, 0.2) is 24.3 Å². The predicted octanol–water partition coefficient (Wildman–Crippen LogP) is 3.41. The van der Waals surface area contributed by atoms with Crippen molar-refractivity contribution in [3.8, 4) is 11.8 Å². The van der Waals surface area contributed by atoms with Gasteiger partial charge in [0.25, 0.3) is 0 Å². The maximum absolute atomic E-state index is 12.7. The molecule has 108 valence electrons. The SMILES string of the molecule is CC(C#N)(CCCCOc1ccc(F)cc1)NC1CC1. The van der Waals surface area contributed by atoms with Crippen molar-refractivity contribution in [2.24, 2.45) is 0 Å². The molecular weight excluding hydrogens is 255 g/mol. The van der Waals surface area contributed by atoms with E-state index in [1.54, 1.807) is 12.1 Å². The molecule has 0 saturated heterocycles. The molecule has 1 aromatic carbocycles. The monoisotopic (exact) mass is 276 g/mol. The Morgan fingerprint density at radius 1 is 1.35 bits per heavy atom. The van der Waals surface area contributed by atoms with Gasteiger partial charge in [-0.1, -0.05) is 0 Å². The maximum Gasteiger partial charge on any atom is 0.123 e. The summed E-state index contributed by atoms with van der Waals surface area (Å²) >= 11 is 0. The molecule has 20 heavy (non-hydrogen) atoms. The zero-order chi connectivity index (χ0) is 14.4. The van der Waals surface area contributed by atoms with Crippen LogP contribution in [0.2, 0.25) is 0 Å². The number of halogens is 1. The predicted molar refractivity (Wildman–Crippen MR) is 75.9 cm³/mol. The summed E-state index contributed by atoms with van der Waals surface area (Å²) in [6.45, 7) is 2.56. The number of ether oxygens (including phenoxy) is 1. The molecule has 0 heterocycles. The van der Waals surface area contributed by atoms with Crippen LogP contribution in [0.3, 0.4) is 0 Å². The highest BCUT2D eigenvalue weighted by Crippen LogP contribution is 2.24. The number of hydrogen-bond acceptors (Lipinski definition) is 3. The lowest BCUT2D eigenvalue weighted by Gasteiger charge is -2.23. The molecule has 0 aliphatic heterocycles. The Bertz CT molecular complexity index is 464. The van der Waals surface area contributed by atoms with E-state index in [2.05, 4.69) is 11.4 Å². The van der Waals surface area contributed by atoms with Gasteiger partial charge in [0.05, 0.1) is 12.7 Å². The van der Waals surface area contributed by atoms with Crippen LogP contribution >= 0.6 is 0 Å². The molecule has 1 aromatic rings. The Morgan fingerprint density at radius 3 is 2.65 bits per heavy atom. The summed E-state index contributed by atoms with van der Waals surface area (Å²) in [5.41, 5.74) is -0.420. The van der Waals surface area contributed by atoms with Crippen molar-refractivity contribution in [2.75, 3.05) is 6.61 Å². The van der Waals surface area contributed by atoms with E-state index >= 15 is 0 Å². The van der Waals surface area contributed by atoms with Gasteiger partial charge in [-0.2, -0.15) is 5.26 Å². The minimum Gasteiger partial charge on any atom is -0.494 e. The molecular formula is C16H21FN2O. The van der Waals surface area contributed by atoms with E-state index in [-0.39, 0.29) is 5.82 Å². The standard InChI is InChI=1S/C16H21FN2O/c1-16(12-18,19-14-6-7-14)10-2-3-11-20-15-8-4-13(17)5-9-15/h4-5,8-9,14,19H,2-3,6-7,10-11H2,1H3. The molecule has 1 N–H and O–H groups in total. The van der Waals surface area contributed by atoms with Crippen molar-refractivity contribution in [3.05, 3.63) is 30.1 Å². The Labute approximate surface area is 119 Å². The number of nitrogens with one attached hydrogen (secondary N) is 1. The molecule has 0 radical (unpaired) electrons. The third kappa shape index (κ3) is 4.82. The van der Waals surface area contributed by atoms with E-state index in [1.165, 1.54) is 25.0 Å². The summed E-state index contributed by atoms with van der Waals surface area (Å²) in [4.78, 5) is 0. The Morgan fingerprint density at radius 2 is 2.05 bits per heavy atom. The second kappa shape index (κ2) is 6.71. The summed E-state index contributed by atoms with van der Waals surface area (Å²) in [5.74, 6) is 0.429. The number of rotatable bonds is 8. The Kier molecular flexibility index (Phi) is 4.97. The van der Waals surface area contributed by atoms with Gasteiger partial charge in [-0.25, -0.2) is 4.39 Å². The van der Waals surface area contributed by atoms with E-state index in [0.29, 0.717) is 18.4 Å². The van der Waals surface area contributed by atoms with Crippen LogP contribution < -0.4 is 10.1 Å². The van der Waals surface area contributed by atoms with Crippen LogP contribution in [-0.4, -0.2) is 18.2 Å². The van der Waals surface area contributed by atoms with Crippen LogP contribution in [0.25, 0.3) is 0 Å². The number of benzene rings is 1. The van der Waals surface area contributed by atoms with Crippen molar-refractivity contribution in [1.82, 2.24) is 5.32 Å². The van der Waals surface area contributed by atoms with E-state index in [1.807, 2.05) is 6.92 Å². The molecule has 4 heteroatoms. The van der Waals surface area contributed by atoms with Crippen molar-refractivity contribution in [1.29, 1.82) is 5.26 Å². The molecule has 1 aliphatic rings. The fourth-order valence-corrected chi connectivity index (χ4v) is 2.14. The van der Waals surface area contributed by atoms with Crippen LogP contribution in [0.5, 0.6) is 5.75 Å². The molecule has 0 bridgehead atoms. The first kappa shape index (κ1) is 14.8. The van der Waals surface area contributed by atoms with E-state index in [9.17, 15) is 9.65 Å². The van der Waals surface area contributed by atoms with Crippen LogP contribution in [0.1, 0.15) is 39.0 Å². The summed E-state index contributed by atoms with van der Waals surface area (Å²) in [6, 6.07) is 8.95. The molecule has 1 fully saturated rings. The number of nitriles is 1. The minimum absolute atomic E-state index is 0.256. The minimum atomic E-state index is -0.420. The lowest BCUT2D eigenvalue weighted by Crippen LogP contribution is -2.42. The van der Waals surface area contributed by atoms with Gasteiger partial charge in [0.15, 0.2) is 0 Å². The molecule has 1 aliphatic carbocycles. The van der Waals surface area contributed by atoms with E-state index in [0.717, 1.165) is 19.3 Å². The normalized spacial score (nSPS) is 17.2. The largest absolute Gasteiger partial charge is 0.494 e. The lowest BCUT2D eigenvalue weighted by atomic mass is 9.96. The first-order valence-corrected chi connectivity index (χ1v) is 7.19. The first-order chi connectivity index (χ1) is 9.61. The van der Waals surface area contributed by atoms with Crippen molar-refractivity contribution in [3.63, 3.8) is 0 Å². The lowest BCUT2D eigenvalue weighted by molar-refractivity contribution is 0.294. The third-order valence-electron chi connectivity index (χ3n) is 3.50. The van der Waals surface area contributed by atoms with Crippen molar-refractivity contribution >= 4 is 0 Å². The molecule has 1 atom stereocenters. The molecule has 1 unspecified atom stereocenters. The average Bonchev–Trinajstić information content (AvgIpc) is 3.24. The quantitative estimate of drug-likeness (QED) is 0.740.